The van der Waals surface area contributed by atoms with E-state index in [4.69, 9.17) is 0 Å². The molecular weight excluding hydrogens is 1190 g/mol. The molecule has 22 nitrogen and oxygen atoms in total. The van der Waals surface area contributed by atoms with Gasteiger partial charge in [-0.2, -0.15) is 13.2 Å². The Hall–Kier alpha value is -6.11. The van der Waals surface area contributed by atoms with Crippen molar-refractivity contribution >= 4 is 65.0 Å². The van der Waals surface area contributed by atoms with Gasteiger partial charge in [0.05, 0.1) is 25.6 Å². The molecule has 1 heterocycles. The van der Waals surface area contributed by atoms with Crippen molar-refractivity contribution < 1.29 is 70.3 Å². The fraction of sp³-hybridized carbons (Fsp3) is 0.831. The van der Waals surface area contributed by atoms with Crippen molar-refractivity contribution in [3.63, 3.8) is 0 Å². The number of rotatable bonds is 13. The first-order chi connectivity index (χ1) is 42.1. The molecule has 520 valence electrons. The topological polar surface area (TPSA) is 259 Å². The van der Waals surface area contributed by atoms with Gasteiger partial charge in [0.2, 0.25) is 65.0 Å². The van der Waals surface area contributed by atoms with E-state index >= 15 is 4.39 Å². The highest BCUT2D eigenvalue weighted by Gasteiger charge is 2.48. The standard InChI is InChI=1S/C65H111F4N11O11/c1-19-41(8)56-62(90)76(14)36-54(83)74(12)37-55(84)79(17)51(34-43-23-21-20-22-24-43)61(89)75(13)35-52(81)70-47(28-26-44-25-27-45(46(66)33-44)65(67,68)69)57(85)71-49(30-39(4)5)60(88)80(18)64(10,11)63(91)72-48(29-38(2)3)59(87)77(15)42(9)32-53(82)78(16)50(31-40(6)7)58(86)73-56/h38-51,56H,19-37H2,1-18H3,(H,70,81)(H,71,85)(H,72,91)(H,73,86)/t41-,42+,44?,45?,46?,47-,48-,49-,50-,51-,56-/m0/s1. The summed E-state index contributed by atoms with van der Waals surface area (Å²) in [6.45, 7) is 17.6. The SMILES string of the molecule is CC[C@H](C)[C@@H]1NC(=O)[C@H](CC(C)C)N(C)C(=O)C[C@@H](C)N(C)C(=O)[C@H](CC(C)C)NC(=O)C(C)(C)N(C)C(=O)[C@H](CC(C)C)NC(=O)[C@H](CCC2CCC(C(F)(F)F)C(F)C2)NC(=O)CN(C)C(=O)[C@H](CC2CCCCC2)N(C)C(=O)CN(C)C(=O)CN(C)C1=O. The molecule has 11 amide bonds. The molecule has 2 aliphatic carbocycles. The van der Waals surface area contributed by atoms with Gasteiger partial charge in [-0.25, -0.2) is 4.39 Å². The van der Waals surface area contributed by atoms with Crippen molar-refractivity contribution in [2.24, 2.45) is 41.4 Å². The number of hydrogen-bond acceptors (Lipinski definition) is 11. The first kappa shape index (κ1) is 79.1. The summed E-state index contributed by atoms with van der Waals surface area (Å²) in [5.41, 5.74) is -1.70. The second kappa shape index (κ2) is 35.2. The van der Waals surface area contributed by atoms with E-state index in [2.05, 4.69) is 21.3 Å². The predicted molar refractivity (Wildman–Crippen MR) is 337 cm³/mol. The van der Waals surface area contributed by atoms with Crippen molar-refractivity contribution in [1.82, 2.24) is 55.6 Å². The van der Waals surface area contributed by atoms with Crippen LogP contribution in [0.25, 0.3) is 0 Å². The van der Waals surface area contributed by atoms with E-state index in [9.17, 15) is 65.9 Å². The molecule has 0 radical (unpaired) electrons. The maximum atomic E-state index is 15.1. The molecule has 2 saturated carbocycles. The number of alkyl halides is 4. The van der Waals surface area contributed by atoms with E-state index in [0.29, 0.717) is 6.42 Å². The van der Waals surface area contributed by atoms with Crippen LogP contribution in [-0.4, -0.2) is 228 Å². The predicted octanol–water partition coefficient (Wildman–Crippen LogP) is 5.69. The summed E-state index contributed by atoms with van der Waals surface area (Å²) in [5, 5.41) is 11.2. The van der Waals surface area contributed by atoms with Crippen LogP contribution in [0.1, 0.15) is 179 Å². The Balaban J connectivity index is 2.19. The molecule has 11 atom stereocenters. The van der Waals surface area contributed by atoms with Gasteiger partial charge in [0.25, 0.3) is 0 Å². The summed E-state index contributed by atoms with van der Waals surface area (Å²) >= 11 is 0. The van der Waals surface area contributed by atoms with Crippen LogP contribution in [0.4, 0.5) is 17.6 Å². The van der Waals surface area contributed by atoms with Gasteiger partial charge >= 0.3 is 6.18 Å². The van der Waals surface area contributed by atoms with Crippen molar-refractivity contribution in [2.45, 2.75) is 239 Å². The zero-order chi connectivity index (χ0) is 69.3. The molecule has 4 N–H and O–H groups in total. The van der Waals surface area contributed by atoms with Crippen LogP contribution in [0.3, 0.4) is 0 Å². The molecule has 3 aliphatic rings. The summed E-state index contributed by atoms with van der Waals surface area (Å²) in [4.78, 5) is 167. The molecule has 1 saturated heterocycles. The average molecular weight is 1300 g/mol. The summed E-state index contributed by atoms with van der Waals surface area (Å²) in [7, 11) is 9.87. The van der Waals surface area contributed by atoms with Crippen LogP contribution < -0.4 is 21.3 Å². The molecule has 26 heteroatoms. The molecule has 0 aromatic rings. The fourth-order valence-electron chi connectivity index (χ4n) is 12.3. The molecule has 3 fully saturated rings. The van der Waals surface area contributed by atoms with Gasteiger partial charge in [-0.3, -0.25) is 52.7 Å². The van der Waals surface area contributed by atoms with E-state index in [0.717, 1.165) is 51.7 Å². The van der Waals surface area contributed by atoms with E-state index in [1.807, 2.05) is 34.6 Å². The van der Waals surface area contributed by atoms with E-state index in [1.165, 1.54) is 77.9 Å². The van der Waals surface area contributed by atoms with E-state index < -0.39 is 175 Å². The number of carbonyl (C=O) groups is 11. The second-order valence-electron chi connectivity index (χ2n) is 28.3. The fourth-order valence-corrected chi connectivity index (χ4v) is 12.3. The highest BCUT2D eigenvalue weighted by Crippen LogP contribution is 2.42. The maximum absolute atomic E-state index is 15.1. The van der Waals surface area contributed by atoms with Crippen LogP contribution in [0, 0.1) is 41.4 Å². The van der Waals surface area contributed by atoms with Crippen LogP contribution >= 0.6 is 0 Å². The van der Waals surface area contributed by atoms with Crippen molar-refractivity contribution in [2.75, 3.05) is 69.0 Å². The number of carbonyl (C=O) groups excluding carboxylic acids is 11. The minimum atomic E-state index is -4.75. The largest absolute Gasteiger partial charge is 0.394 e. The van der Waals surface area contributed by atoms with Gasteiger partial charge in [0, 0.05) is 61.8 Å². The van der Waals surface area contributed by atoms with Gasteiger partial charge in [-0.05, 0) is 114 Å². The lowest BCUT2D eigenvalue weighted by atomic mass is 9.78. The Bertz CT molecular complexity index is 2510. The monoisotopic (exact) mass is 1300 g/mol. The Morgan fingerprint density at radius 3 is 1.62 bits per heavy atom. The van der Waals surface area contributed by atoms with E-state index in [1.54, 1.807) is 27.7 Å². The van der Waals surface area contributed by atoms with Gasteiger partial charge < -0.3 is 55.6 Å². The summed E-state index contributed by atoms with van der Waals surface area (Å²) in [6, 6.07) is -8.08. The Morgan fingerprint density at radius 2 is 1.08 bits per heavy atom. The first-order valence-electron chi connectivity index (χ1n) is 32.9. The van der Waals surface area contributed by atoms with Crippen LogP contribution in [0.2, 0.25) is 0 Å². The third-order valence-corrected chi connectivity index (χ3v) is 19.0. The Kier molecular flexibility index (Phi) is 30.6. The quantitative estimate of drug-likeness (QED) is 0.163. The molecule has 0 bridgehead atoms. The number of nitrogens with one attached hydrogen (secondary N) is 4. The van der Waals surface area contributed by atoms with Crippen molar-refractivity contribution in [1.29, 1.82) is 0 Å². The first-order valence-corrected chi connectivity index (χ1v) is 32.9. The molecule has 0 aromatic carbocycles. The third kappa shape index (κ3) is 23.1. The summed E-state index contributed by atoms with van der Waals surface area (Å²) in [6.07, 6.45) is -2.97. The highest BCUT2D eigenvalue weighted by molar-refractivity contribution is 5.98. The zero-order valence-electron chi connectivity index (χ0n) is 57.7. The highest BCUT2D eigenvalue weighted by atomic mass is 19.4. The normalized spacial score (nSPS) is 28.4. The number of hydrogen-bond donors (Lipinski definition) is 4. The number of likely N-dealkylation sites (N-methyl/N-ethyl adjacent to an activating group) is 7. The van der Waals surface area contributed by atoms with Gasteiger partial charge in [-0.15, -0.1) is 0 Å². The van der Waals surface area contributed by atoms with Crippen molar-refractivity contribution in [3.8, 4) is 0 Å². The molecule has 3 rings (SSSR count). The van der Waals surface area contributed by atoms with Gasteiger partial charge in [0.1, 0.15) is 48.0 Å². The van der Waals surface area contributed by atoms with Crippen LogP contribution in [0.5, 0.6) is 0 Å². The lowest BCUT2D eigenvalue weighted by Gasteiger charge is -2.39. The van der Waals surface area contributed by atoms with Crippen LogP contribution in [0.15, 0.2) is 0 Å². The van der Waals surface area contributed by atoms with Crippen LogP contribution in [-0.2, 0) is 52.7 Å². The number of halogens is 4. The average Bonchev–Trinajstić information content (AvgIpc) is 1.09. The molecule has 0 aromatic heterocycles. The zero-order valence-corrected chi connectivity index (χ0v) is 57.7. The van der Waals surface area contributed by atoms with Gasteiger partial charge in [-0.1, -0.05) is 93.9 Å². The lowest BCUT2D eigenvalue weighted by molar-refractivity contribution is -0.201. The summed E-state index contributed by atoms with van der Waals surface area (Å²) in [5.74, 6) is -11.0. The van der Waals surface area contributed by atoms with E-state index in [-0.39, 0.29) is 75.0 Å². The third-order valence-electron chi connectivity index (χ3n) is 19.0. The smallest absolute Gasteiger partial charge is 0.343 e. The minimum absolute atomic E-state index is 0.00108. The maximum Gasteiger partial charge on any atom is 0.394 e. The Labute approximate surface area is 538 Å². The second-order valence-corrected chi connectivity index (χ2v) is 28.3. The van der Waals surface area contributed by atoms with Crippen molar-refractivity contribution in [3.05, 3.63) is 0 Å². The number of amides is 11. The molecule has 3 unspecified atom stereocenters. The lowest BCUT2D eigenvalue weighted by Crippen LogP contribution is -2.63. The minimum Gasteiger partial charge on any atom is -0.343 e. The molecule has 91 heavy (non-hydrogen) atoms. The van der Waals surface area contributed by atoms with Gasteiger partial charge in [0.15, 0.2) is 0 Å². The number of nitrogens with zero attached hydrogens (tertiary/aromatic N) is 7. The molecule has 1 aliphatic heterocycles. The summed E-state index contributed by atoms with van der Waals surface area (Å²) < 4.78 is 56.3. The Morgan fingerprint density at radius 1 is 0.538 bits per heavy atom. The molecule has 0 spiro atoms. The molecular formula is C65H111F4N11O11.